The average Bonchev–Trinajstić information content (AvgIpc) is 3.41. The van der Waals surface area contributed by atoms with Crippen molar-refractivity contribution >= 4 is 10.9 Å². The summed E-state index contributed by atoms with van der Waals surface area (Å²) in [5.74, 6) is 1.58. The molecule has 0 spiro atoms. The van der Waals surface area contributed by atoms with Crippen molar-refractivity contribution in [3.05, 3.63) is 116 Å². The van der Waals surface area contributed by atoms with E-state index < -0.39 is 0 Å². The van der Waals surface area contributed by atoms with Crippen molar-refractivity contribution in [1.82, 2.24) is 30.1 Å². The molecule has 2 aromatic heterocycles. The third kappa shape index (κ3) is 5.82. The summed E-state index contributed by atoms with van der Waals surface area (Å²) in [5.41, 5.74) is 7.21. The van der Waals surface area contributed by atoms with Crippen LogP contribution in [0.5, 0.6) is 5.75 Å². The van der Waals surface area contributed by atoms with E-state index in [4.69, 9.17) is 4.74 Å². The van der Waals surface area contributed by atoms with E-state index in [1.807, 2.05) is 48.0 Å². The molecule has 2 heterocycles. The van der Waals surface area contributed by atoms with Crippen molar-refractivity contribution in [2.45, 2.75) is 59.8 Å². The van der Waals surface area contributed by atoms with Gasteiger partial charge in [-0.1, -0.05) is 61.0 Å². The van der Waals surface area contributed by atoms with Crippen LogP contribution in [0.15, 0.2) is 71.5 Å². The molecule has 3 aromatic carbocycles. The first-order valence-electron chi connectivity index (χ1n) is 13.7. The predicted octanol–water partition coefficient (Wildman–Crippen LogP) is 5.65. The number of pyridine rings is 1. The van der Waals surface area contributed by atoms with Crippen molar-refractivity contribution < 1.29 is 4.74 Å². The molecule has 0 aliphatic heterocycles. The Balaban J connectivity index is 1.52. The molecule has 8 nitrogen and oxygen atoms in total. The van der Waals surface area contributed by atoms with Gasteiger partial charge in [-0.2, -0.15) is 0 Å². The maximum absolute atomic E-state index is 13.3. The minimum Gasteiger partial charge on any atom is -0.497 e. The van der Waals surface area contributed by atoms with Crippen LogP contribution in [0.3, 0.4) is 0 Å². The molecule has 0 amide bonds. The van der Waals surface area contributed by atoms with Gasteiger partial charge in [-0.05, 0) is 78.1 Å². The lowest BCUT2D eigenvalue weighted by Crippen LogP contribution is -2.32. The van der Waals surface area contributed by atoms with E-state index in [1.54, 1.807) is 7.11 Å². The van der Waals surface area contributed by atoms with Crippen LogP contribution in [-0.4, -0.2) is 37.2 Å². The van der Waals surface area contributed by atoms with Gasteiger partial charge in [-0.15, -0.1) is 5.10 Å². The van der Waals surface area contributed by atoms with Gasteiger partial charge in [0.05, 0.1) is 25.2 Å². The summed E-state index contributed by atoms with van der Waals surface area (Å²) in [7, 11) is 1.66. The number of nitrogens with zero attached hydrogens (tertiary/aromatic N) is 5. The molecule has 1 atom stereocenters. The van der Waals surface area contributed by atoms with E-state index in [-0.39, 0.29) is 11.6 Å². The average molecular weight is 537 g/mol. The van der Waals surface area contributed by atoms with Gasteiger partial charge < -0.3 is 9.72 Å². The summed E-state index contributed by atoms with van der Waals surface area (Å²) < 4.78 is 7.16. The van der Waals surface area contributed by atoms with Crippen LogP contribution in [0, 0.1) is 20.8 Å². The summed E-state index contributed by atoms with van der Waals surface area (Å²) in [6, 6.07) is 22.6. The zero-order chi connectivity index (χ0) is 28.2. The molecule has 40 heavy (non-hydrogen) atoms. The number of rotatable bonds is 10. The first-order chi connectivity index (χ1) is 19.4. The SMILES string of the molecule is CCC(c1nnnn1Cc1ccc(OC)cc1)N(Cc1ccc(C)cc1)Cc1cc2c(C)ccc(C)c2[nH]c1=O. The first-order valence-corrected chi connectivity index (χ1v) is 13.7. The smallest absolute Gasteiger partial charge is 0.252 e. The number of H-pyrrole nitrogens is 1. The second-order valence-corrected chi connectivity index (χ2v) is 10.5. The third-order valence-corrected chi connectivity index (χ3v) is 7.58. The van der Waals surface area contributed by atoms with E-state index in [1.165, 1.54) is 11.1 Å². The number of tetrazole rings is 1. The number of aromatic amines is 1. The Hall–Kier alpha value is -4.30. The van der Waals surface area contributed by atoms with Crippen molar-refractivity contribution in [3.63, 3.8) is 0 Å². The lowest BCUT2D eigenvalue weighted by Gasteiger charge is -2.30. The molecule has 1 N–H and O–H groups in total. The van der Waals surface area contributed by atoms with Crippen LogP contribution in [-0.2, 0) is 19.6 Å². The molecule has 0 radical (unpaired) electrons. The summed E-state index contributed by atoms with van der Waals surface area (Å²) >= 11 is 0. The summed E-state index contributed by atoms with van der Waals surface area (Å²) in [6.07, 6.45) is 0.776. The topological polar surface area (TPSA) is 88.9 Å². The second-order valence-electron chi connectivity index (χ2n) is 10.5. The molecule has 0 saturated heterocycles. The number of fused-ring (bicyclic) bond motifs is 1. The maximum atomic E-state index is 13.3. The fourth-order valence-corrected chi connectivity index (χ4v) is 5.23. The highest BCUT2D eigenvalue weighted by Crippen LogP contribution is 2.28. The molecule has 0 saturated carbocycles. The van der Waals surface area contributed by atoms with Crippen molar-refractivity contribution in [2.24, 2.45) is 0 Å². The van der Waals surface area contributed by atoms with Crippen LogP contribution in [0.4, 0.5) is 0 Å². The molecule has 1 unspecified atom stereocenters. The molecule has 0 aliphatic rings. The van der Waals surface area contributed by atoms with E-state index in [2.05, 4.69) is 76.5 Å². The number of benzene rings is 3. The zero-order valence-electron chi connectivity index (χ0n) is 23.8. The number of nitrogens with one attached hydrogen (secondary N) is 1. The highest BCUT2D eigenvalue weighted by molar-refractivity contribution is 5.85. The predicted molar refractivity (Wildman–Crippen MR) is 157 cm³/mol. The molecular weight excluding hydrogens is 500 g/mol. The Morgan fingerprint density at radius 2 is 1.62 bits per heavy atom. The van der Waals surface area contributed by atoms with Gasteiger partial charge in [0.25, 0.3) is 5.56 Å². The Morgan fingerprint density at radius 3 is 2.33 bits per heavy atom. The monoisotopic (exact) mass is 536 g/mol. The molecule has 0 bridgehead atoms. The van der Waals surface area contributed by atoms with Gasteiger partial charge >= 0.3 is 0 Å². The lowest BCUT2D eigenvalue weighted by molar-refractivity contribution is 0.161. The minimum absolute atomic E-state index is 0.0669. The van der Waals surface area contributed by atoms with Gasteiger partial charge in [0.1, 0.15) is 5.75 Å². The Labute approximate surface area is 234 Å². The van der Waals surface area contributed by atoms with E-state index in [0.717, 1.165) is 51.2 Å². The molecule has 5 aromatic rings. The summed E-state index contributed by atoms with van der Waals surface area (Å²) in [4.78, 5) is 18.8. The molecular formula is C32H36N6O2. The molecule has 5 rings (SSSR count). The summed E-state index contributed by atoms with van der Waals surface area (Å²) in [6.45, 7) is 9.97. The first kappa shape index (κ1) is 27.3. The van der Waals surface area contributed by atoms with Gasteiger partial charge in [0.15, 0.2) is 5.82 Å². The third-order valence-electron chi connectivity index (χ3n) is 7.58. The van der Waals surface area contributed by atoms with Gasteiger partial charge in [0.2, 0.25) is 0 Å². The molecule has 8 heteroatoms. The van der Waals surface area contributed by atoms with Crippen molar-refractivity contribution in [3.8, 4) is 5.75 Å². The number of ether oxygens (including phenoxy) is 1. The van der Waals surface area contributed by atoms with Crippen LogP contribution in [0.25, 0.3) is 10.9 Å². The second kappa shape index (κ2) is 11.8. The molecule has 0 fully saturated rings. The zero-order valence-corrected chi connectivity index (χ0v) is 23.8. The Morgan fingerprint density at radius 1 is 0.925 bits per heavy atom. The number of aryl methyl sites for hydroxylation is 3. The Bertz CT molecular complexity index is 1650. The van der Waals surface area contributed by atoms with Crippen molar-refractivity contribution in [2.75, 3.05) is 7.11 Å². The fraction of sp³-hybridized carbons (Fsp3) is 0.312. The highest BCUT2D eigenvalue weighted by Gasteiger charge is 2.26. The Kier molecular flexibility index (Phi) is 8.07. The van der Waals surface area contributed by atoms with E-state index in [0.29, 0.717) is 19.6 Å². The van der Waals surface area contributed by atoms with Crippen molar-refractivity contribution in [1.29, 1.82) is 0 Å². The van der Waals surface area contributed by atoms with Gasteiger partial charge in [-0.25, -0.2) is 4.68 Å². The largest absolute Gasteiger partial charge is 0.497 e. The van der Waals surface area contributed by atoms with Crippen LogP contribution < -0.4 is 10.3 Å². The van der Waals surface area contributed by atoms with Gasteiger partial charge in [-0.3, -0.25) is 9.69 Å². The normalized spacial score (nSPS) is 12.2. The van der Waals surface area contributed by atoms with Gasteiger partial charge in [0, 0.05) is 24.0 Å². The maximum Gasteiger partial charge on any atom is 0.252 e. The highest BCUT2D eigenvalue weighted by atomic mass is 16.5. The molecule has 0 aliphatic carbocycles. The standard InChI is InChI=1S/C32H36N6O2/c1-6-29(31-34-35-36-38(31)19-25-13-15-27(40-5)16-14-25)37(18-24-11-7-21(2)8-12-24)20-26-17-28-22(3)9-10-23(4)30(28)33-32(26)39/h7-17,29H,6,18-20H2,1-5H3,(H,33,39). The van der Waals surface area contributed by atoms with E-state index >= 15 is 0 Å². The minimum atomic E-state index is -0.108. The summed E-state index contributed by atoms with van der Waals surface area (Å²) in [5, 5.41) is 13.9. The van der Waals surface area contributed by atoms with Crippen LogP contribution in [0.2, 0.25) is 0 Å². The van der Waals surface area contributed by atoms with Crippen LogP contribution in [0.1, 0.15) is 58.6 Å². The van der Waals surface area contributed by atoms with Crippen LogP contribution >= 0.6 is 0 Å². The molecule has 206 valence electrons. The quantitative estimate of drug-likeness (QED) is 0.248. The number of hydrogen-bond donors (Lipinski definition) is 1. The fourth-order valence-electron chi connectivity index (χ4n) is 5.23. The number of methoxy groups -OCH3 is 1. The van der Waals surface area contributed by atoms with E-state index in [9.17, 15) is 4.79 Å². The number of aromatic nitrogens is 5. The lowest BCUT2D eigenvalue weighted by atomic mass is 10.0. The number of hydrogen-bond acceptors (Lipinski definition) is 6.